The van der Waals surface area contributed by atoms with Crippen LogP contribution < -0.4 is 5.73 Å². The fourth-order valence-corrected chi connectivity index (χ4v) is 7.88. The Balaban J connectivity index is 4.18. The van der Waals surface area contributed by atoms with Crippen LogP contribution in [0.4, 0.5) is 0 Å². The van der Waals surface area contributed by atoms with Crippen molar-refractivity contribution < 1.29 is 37.6 Å². The van der Waals surface area contributed by atoms with Crippen molar-refractivity contribution in [1.82, 2.24) is 0 Å². The van der Waals surface area contributed by atoms with Gasteiger partial charge in [0.15, 0.2) is 6.10 Å². The van der Waals surface area contributed by atoms with Crippen molar-refractivity contribution in [3.63, 3.8) is 0 Å². The molecule has 10 heteroatoms. The largest absolute Gasteiger partial charge is 0.472 e. The molecule has 0 aromatic carbocycles. The zero-order valence-corrected chi connectivity index (χ0v) is 42.6. The number of esters is 2. The fraction of sp³-hybridized carbons (Fsp3) is 0.745. The molecular weight excluding hydrogens is 834 g/mol. The molecule has 0 aliphatic rings. The molecule has 0 heterocycles. The number of nitrogens with two attached hydrogens (primary N) is 1. The monoisotopic (exact) mass is 932 g/mol. The summed E-state index contributed by atoms with van der Waals surface area (Å²) in [5.41, 5.74) is 5.36. The second-order valence-corrected chi connectivity index (χ2v) is 18.8. The van der Waals surface area contributed by atoms with E-state index in [0.717, 1.165) is 44.9 Å². The quantitative estimate of drug-likeness (QED) is 0.0265. The number of carbonyl (C=O) groups is 2. The maximum Gasteiger partial charge on any atom is 0.472 e. The number of hydrogen-bond acceptors (Lipinski definition) is 8. The van der Waals surface area contributed by atoms with Gasteiger partial charge in [0.05, 0.1) is 13.2 Å². The number of hydrogen-bond donors (Lipinski definition) is 2. The first-order valence-electron chi connectivity index (χ1n) is 26.4. The van der Waals surface area contributed by atoms with E-state index in [0.29, 0.717) is 19.3 Å². The van der Waals surface area contributed by atoms with E-state index in [9.17, 15) is 19.0 Å². The van der Waals surface area contributed by atoms with Gasteiger partial charge in [-0.15, -0.1) is 0 Å². The van der Waals surface area contributed by atoms with Crippen LogP contribution in [-0.4, -0.2) is 49.3 Å². The first-order valence-corrected chi connectivity index (χ1v) is 27.9. The zero-order valence-electron chi connectivity index (χ0n) is 41.7. The molecule has 0 saturated carbocycles. The average Bonchev–Trinajstić information content (AvgIpc) is 3.30. The maximum absolute atomic E-state index is 12.6. The number of allylic oxidation sites excluding steroid dienone is 12. The van der Waals surface area contributed by atoms with Crippen molar-refractivity contribution in [3.8, 4) is 0 Å². The van der Waals surface area contributed by atoms with E-state index in [2.05, 4.69) is 80.7 Å². The van der Waals surface area contributed by atoms with Crippen LogP contribution in [0.25, 0.3) is 0 Å². The maximum atomic E-state index is 12.6. The van der Waals surface area contributed by atoms with Crippen molar-refractivity contribution in [1.29, 1.82) is 0 Å². The van der Waals surface area contributed by atoms with Crippen LogP contribution in [0, 0.1) is 0 Å². The van der Waals surface area contributed by atoms with Gasteiger partial charge in [-0.2, -0.15) is 0 Å². The SMILES string of the molecule is CCCCCCCCC/C=C/C/C=C/C/C=C/C/C=C/CCCC(=O)O[C@H](COC(=O)CCC/C=C/CC/C=C/CCCCCCCCCCCCCCCC)COP(=O)(O)OCCN. The van der Waals surface area contributed by atoms with Gasteiger partial charge in [0.2, 0.25) is 0 Å². The Hall–Kier alpha value is -2.55. The number of carbonyl (C=O) groups excluding carboxylic acids is 2. The number of ether oxygens (including phenoxy) is 2. The Morgan fingerprint density at radius 1 is 0.462 bits per heavy atom. The molecule has 0 aromatic heterocycles. The van der Waals surface area contributed by atoms with E-state index in [1.54, 1.807) is 0 Å². The lowest BCUT2D eigenvalue weighted by atomic mass is 10.0. The van der Waals surface area contributed by atoms with Gasteiger partial charge < -0.3 is 20.1 Å². The van der Waals surface area contributed by atoms with Crippen molar-refractivity contribution >= 4 is 19.8 Å². The highest BCUT2D eigenvalue weighted by atomic mass is 31.2. The Bertz CT molecular complexity index is 1290. The fourth-order valence-electron chi connectivity index (χ4n) is 7.12. The number of unbranched alkanes of at least 4 members (excludes halogenated alkanes) is 24. The van der Waals surface area contributed by atoms with Gasteiger partial charge in [-0.1, -0.05) is 209 Å². The van der Waals surface area contributed by atoms with E-state index in [4.69, 9.17) is 24.3 Å². The predicted octanol–water partition coefficient (Wildman–Crippen LogP) is 16.2. The molecule has 0 rings (SSSR count). The summed E-state index contributed by atoms with van der Waals surface area (Å²) in [6.07, 6.45) is 64.0. The highest BCUT2D eigenvalue weighted by molar-refractivity contribution is 7.47. The van der Waals surface area contributed by atoms with Crippen LogP contribution in [0.3, 0.4) is 0 Å². The Morgan fingerprint density at radius 2 is 0.815 bits per heavy atom. The molecule has 0 aliphatic carbocycles. The lowest BCUT2D eigenvalue weighted by molar-refractivity contribution is -0.161. The summed E-state index contributed by atoms with van der Waals surface area (Å²) in [6.45, 7) is 3.64. The zero-order chi connectivity index (χ0) is 47.4. The van der Waals surface area contributed by atoms with Gasteiger partial charge in [-0.3, -0.25) is 18.6 Å². The van der Waals surface area contributed by atoms with Crippen LogP contribution in [-0.2, 0) is 32.7 Å². The summed E-state index contributed by atoms with van der Waals surface area (Å²) in [5, 5.41) is 0. The van der Waals surface area contributed by atoms with Crippen LogP contribution in [0.15, 0.2) is 72.9 Å². The highest BCUT2D eigenvalue weighted by Gasteiger charge is 2.26. The van der Waals surface area contributed by atoms with E-state index in [1.165, 1.54) is 141 Å². The summed E-state index contributed by atoms with van der Waals surface area (Å²) >= 11 is 0. The van der Waals surface area contributed by atoms with Crippen LogP contribution in [0.5, 0.6) is 0 Å². The smallest absolute Gasteiger partial charge is 0.462 e. The molecule has 1 unspecified atom stereocenters. The molecule has 65 heavy (non-hydrogen) atoms. The summed E-state index contributed by atoms with van der Waals surface area (Å²) in [4.78, 5) is 35.0. The van der Waals surface area contributed by atoms with Crippen LogP contribution in [0.1, 0.15) is 232 Å². The number of phosphoric ester groups is 1. The number of phosphoric acid groups is 1. The minimum Gasteiger partial charge on any atom is -0.462 e. The lowest BCUT2D eigenvalue weighted by Crippen LogP contribution is -2.29. The van der Waals surface area contributed by atoms with Gasteiger partial charge >= 0.3 is 19.8 Å². The molecular formula is C55H98NO8P. The molecule has 0 aliphatic heterocycles. The van der Waals surface area contributed by atoms with E-state index in [-0.39, 0.29) is 32.6 Å². The third kappa shape index (κ3) is 50.7. The van der Waals surface area contributed by atoms with E-state index < -0.39 is 32.5 Å². The summed E-state index contributed by atoms with van der Waals surface area (Å²) < 4.78 is 32.8. The first-order chi connectivity index (χ1) is 31.8. The topological polar surface area (TPSA) is 134 Å². The predicted molar refractivity (Wildman–Crippen MR) is 275 cm³/mol. The van der Waals surface area contributed by atoms with Crippen molar-refractivity contribution in [2.24, 2.45) is 5.73 Å². The van der Waals surface area contributed by atoms with Gasteiger partial charge in [0.25, 0.3) is 0 Å². The molecule has 0 spiro atoms. The highest BCUT2D eigenvalue weighted by Crippen LogP contribution is 2.43. The van der Waals surface area contributed by atoms with E-state index >= 15 is 0 Å². The van der Waals surface area contributed by atoms with E-state index in [1.807, 2.05) is 6.08 Å². The summed E-state index contributed by atoms with van der Waals surface area (Å²) in [5.74, 6) is -0.943. The van der Waals surface area contributed by atoms with Gasteiger partial charge in [0, 0.05) is 19.4 Å². The normalized spacial score (nSPS) is 13.7. The minimum absolute atomic E-state index is 0.0371. The minimum atomic E-state index is -4.41. The van der Waals surface area contributed by atoms with Crippen molar-refractivity contribution in [2.75, 3.05) is 26.4 Å². The Morgan fingerprint density at radius 3 is 1.25 bits per heavy atom. The number of rotatable bonds is 49. The molecule has 3 N–H and O–H groups in total. The second kappa shape index (κ2) is 50.9. The molecule has 0 fully saturated rings. The lowest BCUT2D eigenvalue weighted by Gasteiger charge is -2.19. The average molecular weight is 932 g/mol. The first kappa shape index (κ1) is 62.4. The molecule has 0 radical (unpaired) electrons. The molecule has 0 aromatic rings. The molecule has 0 amide bonds. The molecule has 376 valence electrons. The third-order valence-corrected chi connectivity index (χ3v) is 12.0. The third-order valence-electron chi connectivity index (χ3n) is 11.0. The van der Waals surface area contributed by atoms with Gasteiger partial charge in [-0.05, 0) is 83.5 Å². The molecule has 0 saturated heterocycles. The standard InChI is InChI=1S/C55H98NO8P/c1-3-5-7-9-11-13-15-17-19-21-23-25-26-28-29-31-33-35-37-39-41-43-45-47-54(57)61-51-53(52-63-65(59,60)62-50-49-56)64-55(58)48-46-44-42-40-38-36-34-32-30-27-24-22-20-18-16-14-12-10-8-6-4-2/h20,22,27,30-31,33-34,36,39-42,53H,3-19,21,23-26,28-29,32,35,37-38,43-52,56H2,1-2H3,(H,59,60)/b22-20+,30-27+,33-31+,36-34+,41-39+,42-40+/t53-/m1/s1. The van der Waals surface area contributed by atoms with Crippen molar-refractivity contribution in [2.45, 2.75) is 238 Å². The Labute approximate surface area is 399 Å². The second-order valence-electron chi connectivity index (χ2n) is 17.4. The molecule has 9 nitrogen and oxygen atoms in total. The summed E-state index contributed by atoms with van der Waals surface area (Å²) in [6, 6.07) is 0. The Kier molecular flexibility index (Phi) is 48.9. The van der Waals surface area contributed by atoms with Crippen LogP contribution in [0.2, 0.25) is 0 Å². The molecule has 2 atom stereocenters. The summed E-state index contributed by atoms with van der Waals surface area (Å²) in [7, 11) is -4.41. The molecule has 0 bridgehead atoms. The van der Waals surface area contributed by atoms with Crippen LogP contribution >= 0.6 is 7.82 Å². The van der Waals surface area contributed by atoms with Gasteiger partial charge in [0.1, 0.15) is 6.61 Å². The van der Waals surface area contributed by atoms with Gasteiger partial charge in [-0.25, -0.2) is 4.57 Å². The van der Waals surface area contributed by atoms with Crippen molar-refractivity contribution in [3.05, 3.63) is 72.9 Å².